The topological polar surface area (TPSA) is 111 Å². The Bertz CT molecular complexity index is 960. The summed E-state index contributed by atoms with van der Waals surface area (Å²) in [5.41, 5.74) is 0.843. The number of nitrogens with one attached hydrogen (secondary N) is 2. The van der Waals surface area contributed by atoms with Gasteiger partial charge in [-0.3, -0.25) is 10.1 Å². The molecule has 2 aromatic carbocycles. The second kappa shape index (κ2) is 9.71. The summed E-state index contributed by atoms with van der Waals surface area (Å²) in [7, 11) is -2.53. The quantitative estimate of drug-likeness (QED) is 0.441. The summed E-state index contributed by atoms with van der Waals surface area (Å²) in [5.74, 6) is 1.02. The highest BCUT2D eigenvalue weighted by Gasteiger charge is 2.24. The molecule has 0 amide bonds. The van der Waals surface area contributed by atoms with Gasteiger partial charge in [0.25, 0.3) is 5.69 Å². The molecule has 2 N–H and O–H groups in total. The van der Waals surface area contributed by atoms with E-state index in [2.05, 4.69) is 23.9 Å². The zero-order valence-electron chi connectivity index (χ0n) is 17.0. The fourth-order valence-electron chi connectivity index (χ4n) is 3.05. The maximum Gasteiger partial charge on any atom is 0.293 e. The maximum atomic E-state index is 12.0. The molecule has 0 bridgehead atoms. The van der Waals surface area contributed by atoms with Gasteiger partial charge < -0.3 is 10.1 Å². The van der Waals surface area contributed by atoms with E-state index in [1.165, 1.54) is 19.2 Å². The van der Waals surface area contributed by atoms with E-state index in [-0.39, 0.29) is 22.3 Å². The Balaban J connectivity index is 2.50. The van der Waals surface area contributed by atoms with Crippen molar-refractivity contribution in [3.8, 4) is 5.75 Å². The second-order valence-electron chi connectivity index (χ2n) is 6.94. The molecule has 0 aromatic heterocycles. The monoisotopic (exact) mass is 421 g/mol. The molecule has 0 fully saturated rings. The predicted molar refractivity (Wildman–Crippen MR) is 113 cm³/mol. The van der Waals surface area contributed by atoms with Crippen LogP contribution in [0.3, 0.4) is 0 Å². The number of nitro groups is 1. The van der Waals surface area contributed by atoms with Gasteiger partial charge in [0.05, 0.1) is 22.5 Å². The number of ether oxygens (including phenoxy) is 1. The van der Waals surface area contributed by atoms with Gasteiger partial charge in [0.1, 0.15) is 11.4 Å². The van der Waals surface area contributed by atoms with Crippen LogP contribution in [0.5, 0.6) is 5.75 Å². The Hall–Kier alpha value is -2.65. The van der Waals surface area contributed by atoms with E-state index in [0.29, 0.717) is 24.7 Å². The Morgan fingerprint density at radius 2 is 1.86 bits per heavy atom. The number of nitro benzene ring substituents is 1. The van der Waals surface area contributed by atoms with Gasteiger partial charge in [0, 0.05) is 11.6 Å². The predicted octanol–water partition coefficient (Wildman–Crippen LogP) is 4.10. The number of sulfonamides is 1. The molecule has 0 aliphatic carbocycles. The first kappa shape index (κ1) is 22.6. The molecule has 0 saturated heterocycles. The van der Waals surface area contributed by atoms with E-state index in [0.717, 1.165) is 11.6 Å². The van der Waals surface area contributed by atoms with Crippen LogP contribution in [0.4, 0.5) is 11.4 Å². The number of benzene rings is 2. The highest BCUT2D eigenvalue weighted by atomic mass is 32.2. The Kier molecular flexibility index (Phi) is 7.58. The van der Waals surface area contributed by atoms with Crippen molar-refractivity contribution in [3.63, 3.8) is 0 Å². The molecule has 1 atom stereocenters. The average molecular weight is 422 g/mol. The van der Waals surface area contributed by atoms with Crippen LogP contribution in [0, 0.1) is 16.0 Å². The van der Waals surface area contributed by atoms with Gasteiger partial charge >= 0.3 is 0 Å². The van der Waals surface area contributed by atoms with Crippen LogP contribution in [-0.4, -0.2) is 27.0 Å². The number of rotatable bonds is 10. The molecule has 0 spiro atoms. The van der Waals surface area contributed by atoms with Crippen molar-refractivity contribution in [2.75, 3.05) is 19.0 Å². The summed E-state index contributed by atoms with van der Waals surface area (Å²) < 4.78 is 31.9. The van der Waals surface area contributed by atoms with Crippen molar-refractivity contribution < 1.29 is 18.1 Å². The van der Waals surface area contributed by atoms with Crippen LogP contribution in [0.15, 0.2) is 47.4 Å². The normalized spacial score (nSPS) is 12.6. The fraction of sp³-hybridized carbons (Fsp3) is 0.400. The summed E-state index contributed by atoms with van der Waals surface area (Å²) in [4.78, 5) is 10.9. The number of hydrogen-bond donors (Lipinski definition) is 2. The lowest BCUT2D eigenvalue weighted by Crippen LogP contribution is -2.19. The van der Waals surface area contributed by atoms with Gasteiger partial charge in [0.2, 0.25) is 10.0 Å². The van der Waals surface area contributed by atoms with Crippen LogP contribution in [0.1, 0.15) is 38.8 Å². The van der Waals surface area contributed by atoms with Gasteiger partial charge in [-0.1, -0.05) is 32.0 Å². The summed E-state index contributed by atoms with van der Waals surface area (Å²) >= 11 is 0. The molecule has 2 aromatic rings. The van der Waals surface area contributed by atoms with Gasteiger partial charge in [-0.25, -0.2) is 13.1 Å². The minimum atomic E-state index is -3.79. The first-order chi connectivity index (χ1) is 13.7. The Morgan fingerprint density at radius 3 is 2.45 bits per heavy atom. The smallest absolute Gasteiger partial charge is 0.293 e. The number of hydrogen-bond acceptors (Lipinski definition) is 6. The molecule has 2 rings (SSSR count). The van der Waals surface area contributed by atoms with E-state index in [1.807, 2.05) is 31.2 Å². The largest absolute Gasteiger partial charge is 0.494 e. The summed E-state index contributed by atoms with van der Waals surface area (Å²) in [6, 6.07) is 11.2. The van der Waals surface area contributed by atoms with E-state index < -0.39 is 14.9 Å². The third-order valence-corrected chi connectivity index (χ3v) is 5.79. The van der Waals surface area contributed by atoms with Crippen LogP contribution in [-0.2, 0) is 10.0 Å². The number of para-hydroxylation sites is 1. The Labute approximate surface area is 171 Å². The maximum absolute atomic E-state index is 12.0. The molecular formula is C20H27N3O5S. The van der Waals surface area contributed by atoms with Gasteiger partial charge in [-0.2, -0.15) is 0 Å². The van der Waals surface area contributed by atoms with Crippen molar-refractivity contribution >= 4 is 21.4 Å². The summed E-state index contributed by atoms with van der Waals surface area (Å²) in [6.07, 6.45) is 0.706. The third-order valence-electron chi connectivity index (χ3n) is 4.38. The number of anilines is 1. The van der Waals surface area contributed by atoms with Gasteiger partial charge in [0.15, 0.2) is 0 Å². The number of nitrogens with zero attached hydrogens (tertiary/aromatic N) is 1. The zero-order valence-corrected chi connectivity index (χ0v) is 17.8. The molecule has 0 unspecified atom stereocenters. The molecule has 0 aliphatic rings. The van der Waals surface area contributed by atoms with Gasteiger partial charge in [-0.15, -0.1) is 0 Å². The van der Waals surface area contributed by atoms with Crippen LogP contribution >= 0.6 is 0 Å². The van der Waals surface area contributed by atoms with Crippen LogP contribution < -0.4 is 14.8 Å². The van der Waals surface area contributed by atoms with E-state index in [1.54, 1.807) is 0 Å². The lowest BCUT2D eigenvalue weighted by atomic mass is 9.95. The average Bonchev–Trinajstić information content (AvgIpc) is 2.67. The summed E-state index contributed by atoms with van der Waals surface area (Å²) in [5, 5.41) is 14.9. The molecule has 158 valence electrons. The van der Waals surface area contributed by atoms with Crippen molar-refractivity contribution in [1.82, 2.24) is 4.72 Å². The first-order valence-electron chi connectivity index (χ1n) is 9.39. The molecule has 0 radical (unpaired) electrons. The molecule has 0 aliphatic heterocycles. The molecule has 29 heavy (non-hydrogen) atoms. The van der Waals surface area contributed by atoms with Crippen LogP contribution in [0.25, 0.3) is 0 Å². The van der Waals surface area contributed by atoms with E-state index >= 15 is 0 Å². The Morgan fingerprint density at radius 1 is 1.17 bits per heavy atom. The molecular weight excluding hydrogens is 394 g/mol. The molecule has 8 nitrogen and oxygen atoms in total. The lowest BCUT2D eigenvalue weighted by Gasteiger charge is -2.24. The summed E-state index contributed by atoms with van der Waals surface area (Å²) in [6.45, 7) is 6.53. The second-order valence-corrected chi connectivity index (χ2v) is 8.83. The molecule has 0 saturated carbocycles. The fourth-order valence-corrected chi connectivity index (χ4v) is 3.80. The van der Waals surface area contributed by atoms with Gasteiger partial charge in [-0.05, 0) is 44.5 Å². The molecule has 0 heterocycles. The highest BCUT2D eigenvalue weighted by molar-refractivity contribution is 7.89. The van der Waals surface area contributed by atoms with Crippen molar-refractivity contribution in [2.24, 2.45) is 5.92 Å². The van der Waals surface area contributed by atoms with Crippen molar-refractivity contribution in [1.29, 1.82) is 0 Å². The minimum absolute atomic E-state index is 0.160. The zero-order chi connectivity index (χ0) is 21.6. The molecule has 9 heteroatoms. The standard InChI is InChI=1S/C20H27N3O5S/c1-5-28-20-9-7-6-8-16(20)18(12-14(2)3)22-17-11-10-15(29(26,27)21-4)13-19(17)23(24)25/h6-11,13-14,18,21-22H,5,12H2,1-4H3/t18-/m1/s1. The first-order valence-corrected chi connectivity index (χ1v) is 10.9. The highest BCUT2D eigenvalue weighted by Crippen LogP contribution is 2.36. The lowest BCUT2D eigenvalue weighted by molar-refractivity contribution is -0.384. The SMILES string of the molecule is CCOc1ccccc1[C@@H](CC(C)C)Nc1ccc(S(=O)(=O)NC)cc1[N+](=O)[O-]. The van der Waals surface area contributed by atoms with Crippen molar-refractivity contribution in [2.45, 2.75) is 38.1 Å². The van der Waals surface area contributed by atoms with E-state index in [4.69, 9.17) is 4.74 Å². The minimum Gasteiger partial charge on any atom is -0.494 e. The third kappa shape index (κ3) is 5.68. The van der Waals surface area contributed by atoms with E-state index in [9.17, 15) is 18.5 Å². The van der Waals surface area contributed by atoms with Crippen molar-refractivity contribution in [3.05, 3.63) is 58.1 Å². The van der Waals surface area contributed by atoms with Crippen LogP contribution in [0.2, 0.25) is 0 Å².